The molecule has 6 heterocycles. The highest BCUT2D eigenvalue weighted by Gasteiger charge is 2.56. The van der Waals surface area contributed by atoms with Gasteiger partial charge in [0, 0.05) is 0 Å². The van der Waals surface area contributed by atoms with Gasteiger partial charge in [-0.2, -0.15) is 0 Å². The predicted octanol–water partition coefficient (Wildman–Crippen LogP) is -13.4. The zero-order valence-electron chi connectivity index (χ0n) is 34.7. The summed E-state index contributed by atoms with van der Waals surface area (Å²) in [6, 6.07) is 0. The van der Waals surface area contributed by atoms with Gasteiger partial charge in [0.2, 0.25) is 0 Å². The lowest BCUT2D eigenvalue weighted by molar-refractivity contribution is -0.390. The van der Waals surface area contributed by atoms with Gasteiger partial charge in [-0.05, 0) is 0 Å². The molecule has 6 aliphatic rings. The lowest BCUT2D eigenvalue weighted by Crippen LogP contribution is -2.67. The number of hydrogen-bond donors (Lipinski definition) is 19. The van der Waals surface area contributed by atoms with Crippen LogP contribution in [0.3, 0.4) is 0 Å². The topological polar surface area (TPSA) is 486 Å². The molecule has 30 heteroatoms. The molecule has 0 aromatic rings. The van der Waals surface area contributed by atoms with Crippen LogP contribution in [0.15, 0.2) is 0 Å². The first-order valence-electron chi connectivity index (χ1n) is 21.0. The van der Waals surface area contributed by atoms with Crippen molar-refractivity contribution in [1.82, 2.24) is 0 Å². The van der Waals surface area contributed by atoms with E-state index in [1.165, 1.54) is 0 Å². The van der Waals surface area contributed by atoms with Crippen molar-refractivity contribution < 1.29 is 149 Å². The molecule has 0 bridgehead atoms. The van der Waals surface area contributed by atoms with E-state index in [9.17, 15) is 97.0 Å². The lowest BCUT2D eigenvalue weighted by Gasteiger charge is -2.49. The molecule has 6 rings (SSSR count). The van der Waals surface area contributed by atoms with Gasteiger partial charge in [-0.15, -0.1) is 0 Å². The molecule has 386 valence electrons. The van der Waals surface area contributed by atoms with E-state index >= 15 is 0 Å². The lowest BCUT2D eigenvalue weighted by atomic mass is 9.95. The van der Waals surface area contributed by atoms with Crippen LogP contribution in [-0.2, 0) is 52.1 Å². The SMILES string of the molecule is OCC1OC(OC2C(CO)OC(OCC3OC(OC4C(CO)OCC(O)C4O)C(O)C(O)C3OC3OC(CO)C(OC4OC(CO)C(O)C(O)C4O)C(O)C3O)C(O)C2O)C(O)C(O)C1O. The molecule has 0 amide bonds. The summed E-state index contributed by atoms with van der Waals surface area (Å²) in [7, 11) is 0. The van der Waals surface area contributed by atoms with Crippen molar-refractivity contribution in [1.29, 1.82) is 0 Å². The molecular weight excluding hydrogens is 912 g/mol. The minimum absolute atomic E-state index is 0.424. The van der Waals surface area contributed by atoms with Gasteiger partial charge in [0.25, 0.3) is 0 Å². The molecule has 30 nitrogen and oxygen atoms in total. The molecule has 6 aliphatic heterocycles. The van der Waals surface area contributed by atoms with E-state index in [0.29, 0.717) is 0 Å². The Morgan fingerprint density at radius 1 is 0.303 bits per heavy atom. The van der Waals surface area contributed by atoms with Crippen molar-refractivity contribution >= 4 is 0 Å². The van der Waals surface area contributed by atoms with E-state index < -0.39 is 224 Å². The van der Waals surface area contributed by atoms with E-state index in [-0.39, 0.29) is 0 Å². The van der Waals surface area contributed by atoms with Gasteiger partial charge >= 0.3 is 0 Å². The first kappa shape index (κ1) is 54.1. The van der Waals surface area contributed by atoms with Crippen LogP contribution in [0.2, 0.25) is 0 Å². The maximum Gasteiger partial charge on any atom is 0.187 e. The van der Waals surface area contributed by atoms with Crippen LogP contribution >= 0.6 is 0 Å². The normalized spacial score (nSPS) is 52.9. The van der Waals surface area contributed by atoms with Gasteiger partial charge in [-0.1, -0.05) is 0 Å². The van der Waals surface area contributed by atoms with Crippen LogP contribution in [0, 0.1) is 0 Å². The number of aliphatic hydroxyl groups excluding tert-OH is 19. The fourth-order valence-corrected chi connectivity index (χ4v) is 8.36. The third-order valence-corrected chi connectivity index (χ3v) is 12.3. The van der Waals surface area contributed by atoms with E-state index in [1.807, 2.05) is 0 Å². The Labute approximate surface area is 373 Å². The third kappa shape index (κ3) is 11.1. The quantitative estimate of drug-likeness (QED) is 0.0683. The molecule has 0 saturated carbocycles. The van der Waals surface area contributed by atoms with Gasteiger partial charge in [-0.25, -0.2) is 0 Å². The smallest absolute Gasteiger partial charge is 0.187 e. The predicted molar refractivity (Wildman–Crippen MR) is 198 cm³/mol. The first-order chi connectivity index (χ1) is 31.3. The van der Waals surface area contributed by atoms with Gasteiger partial charge in [0.1, 0.15) is 146 Å². The van der Waals surface area contributed by atoms with Gasteiger partial charge in [0.05, 0.1) is 46.2 Å². The number of aliphatic hydroxyl groups is 19. The summed E-state index contributed by atoms with van der Waals surface area (Å²) in [5, 5.41) is 199. The summed E-state index contributed by atoms with van der Waals surface area (Å²) >= 11 is 0. The van der Waals surface area contributed by atoms with Crippen LogP contribution in [-0.4, -0.2) is 321 Å². The molecular formula is C36H62O30. The second kappa shape index (κ2) is 23.4. The number of ether oxygens (including phenoxy) is 11. The van der Waals surface area contributed by atoms with Crippen molar-refractivity contribution in [2.45, 2.75) is 178 Å². The summed E-state index contributed by atoms with van der Waals surface area (Å²) in [6.07, 6.45) is -53.5. The molecule has 6 saturated heterocycles. The Morgan fingerprint density at radius 2 is 0.606 bits per heavy atom. The fourth-order valence-electron chi connectivity index (χ4n) is 8.36. The fraction of sp³-hybridized carbons (Fsp3) is 1.00. The molecule has 0 aromatic carbocycles. The molecule has 0 aliphatic carbocycles. The van der Waals surface area contributed by atoms with E-state index in [0.717, 1.165) is 0 Å². The summed E-state index contributed by atoms with van der Waals surface area (Å²) in [4.78, 5) is 0. The average molecular weight is 975 g/mol. The van der Waals surface area contributed by atoms with Gasteiger partial charge < -0.3 is 149 Å². The standard InChI is InChI=1S/C36H62O30/c37-1-9-16(44)18(46)23(51)33(58-9)64-29-12(4-40)60-32(25(53)20(29)48)57-7-14-31(22(50)27(55)36(62-14)63-28-11(3-39)56-6-8(42)15(28)43)66-35-26(54)21(49)30(13(5-41)61-35)65-34-24(52)19(47)17(45)10(2-38)59-34/h8-55H,1-7H2. The zero-order valence-corrected chi connectivity index (χ0v) is 34.7. The monoisotopic (exact) mass is 974 g/mol. The minimum Gasteiger partial charge on any atom is -0.394 e. The van der Waals surface area contributed by atoms with Crippen LogP contribution in [0.4, 0.5) is 0 Å². The maximum absolute atomic E-state index is 11.5. The Hall–Kier alpha value is -1.20. The third-order valence-electron chi connectivity index (χ3n) is 12.3. The highest BCUT2D eigenvalue weighted by atomic mass is 16.8. The zero-order chi connectivity index (χ0) is 48.5. The van der Waals surface area contributed by atoms with Crippen LogP contribution in [0.5, 0.6) is 0 Å². The second-order valence-corrected chi connectivity index (χ2v) is 16.7. The molecule has 6 fully saturated rings. The number of hydrogen-bond acceptors (Lipinski definition) is 30. The second-order valence-electron chi connectivity index (χ2n) is 16.7. The minimum atomic E-state index is -2.19. The summed E-state index contributed by atoms with van der Waals surface area (Å²) in [5.74, 6) is 0. The molecule has 66 heavy (non-hydrogen) atoms. The van der Waals surface area contributed by atoms with Crippen LogP contribution < -0.4 is 0 Å². The van der Waals surface area contributed by atoms with Crippen LogP contribution in [0.25, 0.3) is 0 Å². The highest BCUT2D eigenvalue weighted by molar-refractivity contribution is 4.99. The highest BCUT2D eigenvalue weighted by Crippen LogP contribution is 2.35. The Morgan fingerprint density at radius 3 is 1.00 bits per heavy atom. The molecule has 29 unspecified atom stereocenters. The van der Waals surface area contributed by atoms with Crippen molar-refractivity contribution in [2.24, 2.45) is 0 Å². The number of rotatable bonds is 16. The van der Waals surface area contributed by atoms with Crippen molar-refractivity contribution in [3.63, 3.8) is 0 Å². The average Bonchev–Trinajstić information content (AvgIpc) is 3.31. The van der Waals surface area contributed by atoms with E-state index in [2.05, 4.69) is 0 Å². The summed E-state index contributed by atoms with van der Waals surface area (Å²) < 4.78 is 61.5. The van der Waals surface area contributed by atoms with Gasteiger partial charge in [0.15, 0.2) is 31.5 Å². The molecule has 0 aromatic heterocycles. The molecule has 0 radical (unpaired) electrons. The van der Waals surface area contributed by atoms with Crippen LogP contribution in [0.1, 0.15) is 0 Å². The molecule has 29 atom stereocenters. The first-order valence-corrected chi connectivity index (χ1v) is 21.0. The van der Waals surface area contributed by atoms with E-state index in [1.54, 1.807) is 0 Å². The van der Waals surface area contributed by atoms with E-state index in [4.69, 9.17) is 52.1 Å². The summed E-state index contributed by atoms with van der Waals surface area (Å²) in [6.45, 7) is -5.75. The Bertz CT molecular complexity index is 1470. The Kier molecular flexibility index (Phi) is 19.2. The van der Waals surface area contributed by atoms with Crippen molar-refractivity contribution in [2.75, 3.05) is 46.2 Å². The largest absolute Gasteiger partial charge is 0.394 e. The van der Waals surface area contributed by atoms with Crippen molar-refractivity contribution in [3.8, 4) is 0 Å². The summed E-state index contributed by atoms with van der Waals surface area (Å²) in [5.41, 5.74) is 0. The maximum atomic E-state index is 11.5. The Balaban J connectivity index is 1.20. The van der Waals surface area contributed by atoms with Gasteiger partial charge in [-0.3, -0.25) is 0 Å². The van der Waals surface area contributed by atoms with Crippen molar-refractivity contribution in [3.05, 3.63) is 0 Å². The molecule has 0 spiro atoms. The molecule has 19 N–H and O–H groups in total.